The van der Waals surface area contributed by atoms with Crippen molar-refractivity contribution in [2.75, 3.05) is 5.75 Å². The Labute approximate surface area is 60.3 Å². The van der Waals surface area contributed by atoms with Crippen molar-refractivity contribution in [2.45, 2.75) is 6.92 Å². The SMILES string of the molecule is CCS(=O)(=O)O.F.[Zn]. The summed E-state index contributed by atoms with van der Waals surface area (Å²) in [4.78, 5) is 0. The second-order valence-electron chi connectivity index (χ2n) is 0.871. The van der Waals surface area contributed by atoms with Gasteiger partial charge in [0, 0.05) is 19.5 Å². The maximum atomic E-state index is 9.56. The predicted octanol–water partition coefficient (Wildman–Crippen LogP) is 0.0441. The van der Waals surface area contributed by atoms with E-state index in [4.69, 9.17) is 4.55 Å². The van der Waals surface area contributed by atoms with Gasteiger partial charge in [-0.3, -0.25) is 9.26 Å². The number of halogens is 1. The third-order valence-corrected chi connectivity index (χ3v) is 1.09. The summed E-state index contributed by atoms with van der Waals surface area (Å²) >= 11 is 0. The molecule has 6 heteroatoms. The van der Waals surface area contributed by atoms with E-state index in [9.17, 15) is 8.42 Å². The summed E-state index contributed by atoms with van der Waals surface area (Å²) in [5.41, 5.74) is 0. The van der Waals surface area contributed by atoms with Crippen LogP contribution in [0.15, 0.2) is 0 Å². The molecule has 3 nitrogen and oxygen atoms in total. The first-order chi connectivity index (χ1) is 2.56. The Hall–Kier alpha value is 0.463. The largest absolute Gasteiger partial charge is 0.286 e. The minimum atomic E-state index is -3.66. The van der Waals surface area contributed by atoms with E-state index in [-0.39, 0.29) is 29.9 Å². The molecule has 0 bridgehead atoms. The summed E-state index contributed by atoms with van der Waals surface area (Å²) in [5.74, 6) is -0.201. The molecule has 0 aliphatic rings. The third kappa shape index (κ3) is 16.1. The van der Waals surface area contributed by atoms with E-state index in [0.717, 1.165) is 0 Å². The summed E-state index contributed by atoms with van der Waals surface area (Å²) in [6.07, 6.45) is 0. The minimum Gasteiger partial charge on any atom is -0.286 e. The van der Waals surface area contributed by atoms with Crippen molar-refractivity contribution in [2.24, 2.45) is 0 Å². The Morgan fingerprint density at radius 3 is 1.62 bits per heavy atom. The molecule has 0 atom stereocenters. The molecule has 48 valence electrons. The number of hydrogen-bond donors (Lipinski definition) is 1. The molecule has 0 spiro atoms. The molecule has 0 aromatic heterocycles. The standard InChI is InChI=1S/C2H6O3S.FH.Zn/c1-2-6(3,4)5;;/h2H2,1H3,(H,3,4,5);1H;. The molecule has 0 aliphatic heterocycles. The van der Waals surface area contributed by atoms with Crippen molar-refractivity contribution in [3.8, 4) is 0 Å². The van der Waals surface area contributed by atoms with Crippen LogP contribution in [0, 0.1) is 0 Å². The van der Waals surface area contributed by atoms with Crippen LogP contribution in [0.3, 0.4) is 0 Å². The van der Waals surface area contributed by atoms with Crippen LogP contribution < -0.4 is 0 Å². The number of hydrogen-bond acceptors (Lipinski definition) is 2. The van der Waals surface area contributed by atoms with Gasteiger partial charge in [0.1, 0.15) is 0 Å². The van der Waals surface area contributed by atoms with Crippen LogP contribution in [-0.4, -0.2) is 18.7 Å². The van der Waals surface area contributed by atoms with Crippen LogP contribution in [0.25, 0.3) is 0 Å². The van der Waals surface area contributed by atoms with E-state index in [0.29, 0.717) is 0 Å². The van der Waals surface area contributed by atoms with Gasteiger partial charge in [0.15, 0.2) is 0 Å². The van der Waals surface area contributed by atoms with Crippen molar-refractivity contribution in [1.29, 1.82) is 0 Å². The zero-order valence-corrected chi connectivity index (χ0v) is 8.28. The first-order valence-electron chi connectivity index (χ1n) is 1.51. The van der Waals surface area contributed by atoms with E-state index >= 15 is 0 Å². The van der Waals surface area contributed by atoms with Gasteiger partial charge in [-0.1, -0.05) is 0 Å². The summed E-state index contributed by atoms with van der Waals surface area (Å²) < 4.78 is 26.9. The van der Waals surface area contributed by atoms with Gasteiger partial charge in [0.25, 0.3) is 10.1 Å². The molecule has 0 fully saturated rings. The van der Waals surface area contributed by atoms with E-state index < -0.39 is 10.1 Å². The Kier molecular flexibility index (Phi) is 11.1. The molecule has 0 unspecified atom stereocenters. The van der Waals surface area contributed by atoms with Gasteiger partial charge < -0.3 is 0 Å². The molecule has 0 aromatic rings. The fraction of sp³-hybridized carbons (Fsp3) is 1.00. The zero-order chi connectivity index (χ0) is 5.21. The molecule has 0 radical (unpaired) electrons. The molecule has 0 aliphatic carbocycles. The maximum absolute atomic E-state index is 9.56. The van der Waals surface area contributed by atoms with Crippen molar-refractivity contribution in [1.82, 2.24) is 0 Å². The molecule has 1 N–H and O–H groups in total. The van der Waals surface area contributed by atoms with E-state index in [2.05, 4.69) is 0 Å². The van der Waals surface area contributed by atoms with E-state index in [1.807, 2.05) is 0 Å². The quantitative estimate of drug-likeness (QED) is 0.475. The van der Waals surface area contributed by atoms with Gasteiger partial charge in [0.05, 0.1) is 5.75 Å². The van der Waals surface area contributed by atoms with Gasteiger partial charge in [-0.2, -0.15) is 8.42 Å². The summed E-state index contributed by atoms with van der Waals surface area (Å²) in [7, 11) is -3.66. The topological polar surface area (TPSA) is 54.4 Å². The van der Waals surface area contributed by atoms with Crippen LogP contribution in [0.5, 0.6) is 0 Å². The first-order valence-corrected chi connectivity index (χ1v) is 3.12. The van der Waals surface area contributed by atoms with Crippen LogP contribution in [-0.2, 0) is 29.6 Å². The molecular weight excluding hydrogens is 188 g/mol. The fourth-order valence-corrected chi connectivity index (χ4v) is 0. The fourth-order valence-electron chi connectivity index (χ4n) is 0. The average Bonchev–Trinajstić information content (AvgIpc) is 1.35. The summed E-state index contributed by atoms with van der Waals surface area (Å²) in [6, 6.07) is 0. The average molecular weight is 196 g/mol. The van der Waals surface area contributed by atoms with Gasteiger partial charge in [-0.15, -0.1) is 0 Å². The maximum Gasteiger partial charge on any atom is 0.264 e. The Morgan fingerprint density at radius 2 is 1.62 bits per heavy atom. The normalized spacial score (nSPS) is 8.75. The van der Waals surface area contributed by atoms with Gasteiger partial charge in [-0.05, 0) is 6.92 Å². The predicted molar refractivity (Wildman–Crippen MR) is 24.6 cm³/mol. The smallest absolute Gasteiger partial charge is 0.264 e. The summed E-state index contributed by atoms with van der Waals surface area (Å²) in [6.45, 7) is 1.37. The van der Waals surface area contributed by atoms with Gasteiger partial charge in [0.2, 0.25) is 0 Å². The van der Waals surface area contributed by atoms with Crippen molar-refractivity contribution in [3.05, 3.63) is 0 Å². The van der Waals surface area contributed by atoms with Crippen molar-refractivity contribution in [3.63, 3.8) is 0 Å². The number of rotatable bonds is 1. The van der Waals surface area contributed by atoms with E-state index in [1.165, 1.54) is 6.92 Å². The Bertz CT molecular complexity index is 119. The van der Waals surface area contributed by atoms with Crippen LogP contribution >= 0.6 is 0 Å². The van der Waals surface area contributed by atoms with Gasteiger partial charge in [-0.25, -0.2) is 0 Å². The summed E-state index contributed by atoms with van der Waals surface area (Å²) in [5, 5.41) is 0. The minimum absolute atomic E-state index is 0. The molecule has 0 aromatic carbocycles. The van der Waals surface area contributed by atoms with E-state index in [1.54, 1.807) is 0 Å². The van der Waals surface area contributed by atoms with Crippen LogP contribution in [0.1, 0.15) is 6.92 Å². The van der Waals surface area contributed by atoms with Gasteiger partial charge >= 0.3 is 0 Å². The second kappa shape index (κ2) is 5.60. The van der Waals surface area contributed by atoms with Crippen LogP contribution in [0.2, 0.25) is 0 Å². The Morgan fingerprint density at radius 1 is 1.50 bits per heavy atom. The first kappa shape index (κ1) is 15.8. The second-order valence-corrected chi connectivity index (χ2v) is 2.61. The van der Waals surface area contributed by atoms with Crippen LogP contribution in [0.4, 0.5) is 4.70 Å². The molecule has 0 rings (SSSR count). The molecule has 0 saturated carbocycles. The Balaban J connectivity index is -0.000000125. The zero-order valence-electron chi connectivity index (χ0n) is 4.49. The van der Waals surface area contributed by atoms with Crippen molar-refractivity contribution >= 4 is 10.1 Å². The molecule has 8 heavy (non-hydrogen) atoms. The molecular formula is C2H7FO3SZn. The molecule has 0 amide bonds. The molecule has 0 heterocycles. The van der Waals surface area contributed by atoms with Crippen molar-refractivity contribution < 1.29 is 37.2 Å². The monoisotopic (exact) mass is 194 g/mol. The molecule has 0 saturated heterocycles. The third-order valence-electron chi connectivity index (χ3n) is 0.365.